The zero-order valence-electron chi connectivity index (χ0n) is 11.8. The molecule has 1 aromatic carbocycles. The SMILES string of the molecule is COc1cc(N2CCC(N)CC2)cc(OC)c1OC. The van der Waals surface area contributed by atoms with Crippen molar-refractivity contribution in [1.29, 1.82) is 0 Å². The van der Waals surface area contributed by atoms with Crippen molar-refractivity contribution in [1.82, 2.24) is 0 Å². The average Bonchev–Trinajstić information content (AvgIpc) is 2.46. The predicted octanol–water partition coefficient (Wildman–Crippen LogP) is 1.64. The van der Waals surface area contributed by atoms with E-state index < -0.39 is 0 Å². The summed E-state index contributed by atoms with van der Waals surface area (Å²) in [6.45, 7) is 1.92. The number of hydrogen-bond donors (Lipinski definition) is 1. The molecule has 5 heteroatoms. The summed E-state index contributed by atoms with van der Waals surface area (Å²) in [5, 5.41) is 0. The van der Waals surface area contributed by atoms with Crippen LogP contribution in [-0.2, 0) is 0 Å². The summed E-state index contributed by atoms with van der Waals surface area (Å²) in [4.78, 5) is 2.30. The predicted molar refractivity (Wildman–Crippen MR) is 75.5 cm³/mol. The third-order valence-corrected chi connectivity index (χ3v) is 3.55. The van der Waals surface area contributed by atoms with E-state index >= 15 is 0 Å². The van der Waals surface area contributed by atoms with Gasteiger partial charge in [-0.3, -0.25) is 0 Å². The Bertz CT molecular complexity index is 404. The third kappa shape index (κ3) is 2.87. The van der Waals surface area contributed by atoms with Crippen molar-refractivity contribution in [2.24, 2.45) is 5.73 Å². The highest BCUT2D eigenvalue weighted by atomic mass is 16.5. The summed E-state index contributed by atoms with van der Waals surface area (Å²) < 4.78 is 16.1. The summed E-state index contributed by atoms with van der Waals surface area (Å²) in [5.74, 6) is 2.00. The third-order valence-electron chi connectivity index (χ3n) is 3.55. The highest BCUT2D eigenvalue weighted by Gasteiger charge is 2.20. The van der Waals surface area contributed by atoms with Crippen LogP contribution in [0, 0.1) is 0 Å². The lowest BCUT2D eigenvalue weighted by molar-refractivity contribution is 0.324. The molecule has 0 radical (unpaired) electrons. The summed E-state index contributed by atoms with van der Waals surface area (Å²) in [5.41, 5.74) is 7.02. The van der Waals surface area contributed by atoms with Crippen molar-refractivity contribution >= 4 is 5.69 Å². The fourth-order valence-corrected chi connectivity index (χ4v) is 2.41. The Labute approximate surface area is 114 Å². The van der Waals surface area contributed by atoms with Crippen molar-refractivity contribution < 1.29 is 14.2 Å². The van der Waals surface area contributed by atoms with E-state index in [2.05, 4.69) is 4.90 Å². The van der Waals surface area contributed by atoms with E-state index in [9.17, 15) is 0 Å². The van der Waals surface area contributed by atoms with E-state index in [1.165, 1.54) is 0 Å². The standard InChI is InChI=1S/C14H22N2O3/c1-17-12-8-11(9-13(18-2)14(12)19-3)16-6-4-10(15)5-7-16/h8-10H,4-7,15H2,1-3H3. The van der Waals surface area contributed by atoms with Crippen molar-refractivity contribution in [2.45, 2.75) is 18.9 Å². The largest absolute Gasteiger partial charge is 0.493 e. The van der Waals surface area contributed by atoms with Gasteiger partial charge in [-0.1, -0.05) is 0 Å². The van der Waals surface area contributed by atoms with Gasteiger partial charge < -0.3 is 24.8 Å². The minimum Gasteiger partial charge on any atom is -0.493 e. The van der Waals surface area contributed by atoms with E-state index in [4.69, 9.17) is 19.9 Å². The Balaban J connectivity index is 2.30. The first-order valence-corrected chi connectivity index (χ1v) is 6.50. The van der Waals surface area contributed by atoms with Crippen LogP contribution in [0.1, 0.15) is 12.8 Å². The highest BCUT2D eigenvalue weighted by molar-refractivity contribution is 5.63. The number of benzene rings is 1. The minimum absolute atomic E-state index is 0.318. The molecule has 1 aliphatic heterocycles. The second kappa shape index (κ2) is 6.02. The smallest absolute Gasteiger partial charge is 0.203 e. The molecule has 1 aromatic rings. The van der Waals surface area contributed by atoms with Gasteiger partial charge in [0.2, 0.25) is 5.75 Å². The van der Waals surface area contributed by atoms with Gasteiger partial charge in [0.25, 0.3) is 0 Å². The minimum atomic E-state index is 0.318. The first-order chi connectivity index (χ1) is 9.19. The summed E-state index contributed by atoms with van der Waals surface area (Å²) in [6.07, 6.45) is 2.02. The van der Waals surface area contributed by atoms with Gasteiger partial charge in [0.05, 0.1) is 21.3 Å². The van der Waals surface area contributed by atoms with Crippen molar-refractivity contribution in [3.63, 3.8) is 0 Å². The summed E-state index contributed by atoms with van der Waals surface area (Å²) in [6, 6.07) is 4.29. The van der Waals surface area contributed by atoms with Crippen LogP contribution in [0.5, 0.6) is 17.2 Å². The molecular formula is C14H22N2O3. The molecule has 1 aliphatic rings. The van der Waals surface area contributed by atoms with Crippen LogP contribution in [0.4, 0.5) is 5.69 Å². The van der Waals surface area contributed by atoms with Gasteiger partial charge in [-0.2, -0.15) is 0 Å². The molecule has 1 fully saturated rings. The number of hydrogen-bond acceptors (Lipinski definition) is 5. The molecule has 0 aromatic heterocycles. The van der Waals surface area contributed by atoms with E-state index in [1.54, 1.807) is 21.3 Å². The molecule has 0 saturated carbocycles. The maximum absolute atomic E-state index is 5.94. The molecule has 2 N–H and O–H groups in total. The molecule has 106 valence electrons. The molecular weight excluding hydrogens is 244 g/mol. The van der Waals surface area contributed by atoms with Crippen LogP contribution in [0.3, 0.4) is 0 Å². The Kier molecular flexibility index (Phi) is 4.37. The number of nitrogens with zero attached hydrogens (tertiary/aromatic N) is 1. The van der Waals surface area contributed by atoms with Gasteiger partial charge in [-0.15, -0.1) is 0 Å². The van der Waals surface area contributed by atoms with Gasteiger partial charge in [0, 0.05) is 37.0 Å². The second-order valence-corrected chi connectivity index (χ2v) is 4.71. The molecule has 0 atom stereocenters. The Morgan fingerprint density at radius 2 is 1.53 bits per heavy atom. The lowest BCUT2D eigenvalue weighted by Gasteiger charge is -2.32. The molecule has 5 nitrogen and oxygen atoms in total. The molecule has 0 spiro atoms. The number of rotatable bonds is 4. The quantitative estimate of drug-likeness (QED) is 0.898. The van der Waals surface area contributed by atoms with E-state index in [-0.39, 0.29) is 0 Å². The number of ether oxygens (including phenoxy) is 3. The van der Waals surface area contributed by atoms with Gasteiger partial charge in [-0.05, 0) is 12.8 Å². The Hall–Kier alpha value is -1.62. The molecule has 19 heavy (non-hydrogen) atoms. The number of nitrogens with two attached hydrogens (primary N) is 1. The van der Waals surface area contributed by atoms with Gasteiger partial charge in [-0.25, -0.2) is 0 Å². The van der Waals surface area contributed by atoms with Gasteiger partial charge in [0.15, 0.2) is 11.5 Å². The van der Waals surface area contributed by atoms with Crippen LogP contribution in [0.15, 0.2) is 12.1 Å². The molecule has 0 bridgehead atoms. The first kappa shape index (κ1) is 13.8. The van der Waals surface area contributed by atoms with Crippen LogP contribution in [0.25, 0.3) is 0 Å². The molecule has 0 amide bonds. The topological polar surface area (TPSA) is 57.0 Å². The summed E-state index contributed by atoms with van der Waals surface area (Å²) in [7, 11) is 4.88. The van der Waals surface area contributed by atoms with Crippen molar-refractivity contribution in [2.75, 3.05) is 39.3 Å². The average molecular weight is 266 g/mol. The van der Waals surface area contributed by atoms with Crippen LogP contribution in [0.2, 0.25) is 0 Å². The second-order valence-electron chi connectivity index (χ2n) is 4.71. The maximum atomic E-state index is 5.94. The Morgan fingerprint density at radius 1 is 1.00 bits per heavy atom. The molecule has 0 aliphatic carbocycles. The van der Waals surface area contributed by atoms with Crippen LogP contribution >= 0.6 is 0 Å². The molecule has 2 rings (SSSR count). The highest BCUT2D eigenvalue weighted by Crippen LogP contribution is 2.41. The molecule has 1 heterocycles. The van der Waals surface area contributed by atoms with Crippen molar-refractivity contribution in [3.8, 4) is 17.2 Å². The molecule has 0 unspecified atom stereocenters. The van der Waals surface area contributed by atoms with E-state index in [0.717, 1.165) is 31.6 Å². The first-order valence-electron chi connectivity index (χ1n) is 6.50. The normalized spacial score (nSPS) is 16.3. The van der Waals surface area contributed by atoms with Crippen LogP contribution in [-0.4, -0.2) is 40.5 Å². The van der Waals surface area contributed by atoms with E-state index in [1.807, 2.05) is 12.1 Å². The Morgan fingerprint density at radius 3 is 1.95 bits per heavy atom. The maximum Gasteiger partial charge on any atom is 0.203 e. The van der Waals surface area contributed by atoms with Gasteiger partial charge >= 0.3 is 0 Å². The van der Waals surface area contributed by atoms with E-state index in [0.29, 0.717) is 23.3 Å². The lowest BCUT2D eigenvalue weighted by Crippen LogP contribution is -2.39. The number of piperidine rings is 1. The summed E-state index contributed by atoms with van der Waals surface area (Å²) >= 11 is 0. The lowest BCUT2D eigenvalue weighted by atomic mass is 10.1. The zero-order chi connectivity index (χ0) is 13.8. The monoisotopic (exact) mass is 266 g/mol. The van der Waals surface area contributed by atoms with Crippen molar-refractivity contribution in [3.05, 3.63) is 12.1 Å². The van der Waals surface area contributed by atoms with Crippen LogP contribution < -0.4 is 24.8 Å². The number of anilines is 1. The zero-order valence-corrected chi connectivity index (χ0v) is 11.8. The molecule has 1 saturated heterocycles. The fourth-order valence-electron chi connectivity index (χ4n) is 2.41. The van der Waals surface area contributed by atoms with Gasteiger partial charge in [0.1, 0.15) is 0 Å². The fraction of sp³-hybridized carbons (Fsp3) is 0.571. The number of methoxy groups -OCH3 is 3.